The summed E-state index contributed by atoms with van der Waals surface area (Å²) in [6.07, 6.45) is 1.83. The molecule has 27 heavy (non-hydrogen) atoms. The molecule has 2 rings (SSSR count). The number of rotatable bonds is 8. The SMILES string of the molecule is COC(=O)c1ccc(C=NNC(=O)CC(=O)NCCc2ccccc2)cc1. The number of hydrazone groups is 1. The predicted molar refractivity (Wildman–Crippen MR) is 101 cm³/mol. The molecule has 0 aliphatic heterocycles. The second kappa shape index (κ2) is 10.5. The number of nitrogens with zero attached hydrogens (tertiary/aromatic N) is 1. The number of hydrogen-bond acceptors (Lipinski definition) is 5. The van der Waals surface area contributed by atoms with Gasteiger partial charge in [-0.15, -0.1) is 0 Å². The van der Waals surface area contributed by atoms with Gasteiger partial charge in [0.15, 0.2) is 0 Å². The van der Waals surface area contributed by atoms with E-state index in [2.05, 4.69) is 20.6 Å². The van der Waals surface area contributed by atoms with Crippen LogP contribution in [0, 0.1) is 0 Å². The predicted octanol–water partition coefficient (Wildman–Crippen LogP) is 1.67. The molecule has 2 aromatic carbocycles. The number of nitrogens with one attached hydrogen (secondary N) is 2. The van der Waals surface area contributed by atoms with Crippen LogP contribution in [0.2, 0.25) is 0 Å². The van der Waals surface area contributed by atoms with Crippen molar-refractivity contribution in [2.45, 2.75) is 12.8 Å². The molecule has 0 heterocycles. The van der Waals surface area contributed by atoms with E-state index in [1.807, 2.05) is 30.3 Å². The summed E-state index contributed by atoms with van der Waals surface area (Å²) in [7, 11) is 1.31. The van der Waals surface area contributed by atoms with Gasteiger partial charge in [0.05, 0.1) is 18.9 Å². The highest BCUT2D eigenvalue weighted by Gasteiger charge is 2.08. The maximum Gasteiger partial charge on any atom is 0.337 e. The van der Waals surface area contributed by atoms with Crippen molar-refractivity contribution < 1.29 is 19.1 Å². The molecule has 0 aliphatic rings. The number of ether oxygens (including phenoxy) is 1. The van der Waals surface area contributed by atoms with Crippen LogP contribution in [0.15, 0.2) is 59.7 Å². The molecule has 0 saturated carbocycles. The third-order valence-corrected chi connectivity index (χ3v) is 3.63. The van der Waals surface area contributed by atoms with Crippen LogP contribution in [0.4, 0.5) is 0 Å². The van der Waals surface area contributed by atoms with E-state index >= 15 is 0 Å². The van der Waals surface area contributed by atoms with Crippen molar-refractivity contribution in [1.82, 2.24) is 10.7 Å². The van der Waals surface area contributed by atoms with E-state index in [4.69, 9.17) is 0 Å². The Bertz CT molecular complexity index is 802. The van der Waals surface area contributed by atoms with Crippen molar-refractivity contribution >= 4 is 24.0 Å². The number of benzene rings is 2. The smallest absolute Gasteiger partial charge is 0.337 e. The molecule has 2 amide bonds. The summed E-state index contributed by atoms with van der Waals surface area (Å²) in [5.41, 5.74) is 4.52. The quantitative estimate of drug-likeness (QED) is 0.321. The number of esters is 1. The molecule has 0 bridgehead atoms. The normalized spacial score (nSPS) is 10.4. The van der Waals surface area contributed by atoms with E-state index in [-0.39, 0.29) is 12.3 Å². The Kier molecular flexibility index (Phi) is 7.71. The molecule has 0 saturated heterocycles. The van der Waals surface area contributed by atoms with Crippen LogP contribution in [0.25, 0.3) is 0 Å². The highest BCUT2D eigenvalue weighted by atomic mass is 16.5. The minimum absolute atomic E-state index is 0.298. The second-order valence-electron chi connectivity index (χ2n) is 5.67. The zero-order valence-electron chi connectivity index (χ0n) is 15.0. The van der Waals surface area contributed by atoms with Crippen LogP contribution in [-0.4, -0.2) is 37.7 Å². The van der Waals surface area contributed by atoms with Crippen LogP contribution in [0.5, 0.6) is 0 Å². The maximum atomic E-state index is 11.7. The Morgan fingerprint density at radius 2 is 1.70 bits per heavy atom. The first-order valence-electron chi connectivity index (χ1n) is 8.39. The first-order chi connectivity index (χ1) is 13.1. The molecule has 0 unspecified atom stereocenters. The van der Waals surface area contributed by atoms with Gasteiger partial charge < -0.3 is 10.1 Å². The molecule has 0 radical (unpaired) electrons. The average Bonchev–Trinajstić information content (AvgIpc) is 2.68. The van der Waals surface area contributed by atoms with Crippen molar-refractivity contribution in [2.24, 2.45) is 5.10 Å². The molecule has 0 aliphatic carbocycles. The second-order valence-corrected chi connectivity index (χ2v) is 5.67. The van der Waals surface area contributed by atoms with E-state index in [0.717, 1.165) is 5.56 Å². The van der Waals surface area contributed by atoms with E-state index in [1.54, 1.807) is 24.3 Å². The lowest BCUT2D eigenvalue weighted by molar-refractivity contribution is -0.129. The molecular formula is C20H21N3O4. The lowest BCUT2D eigenvalue weighted by atomic mass is 10.1. The molecular weight excluding hydrogens is 346 g/mol. The molecule has 0 atom stereocenters. The average molecular weight is 367 g/mol. The van der Waals surface area contributed by atoms with Crippen molar-refractivity contribution in [3.05, 3.63) is 71.3 Å². The maximum absolute atomic E-state index is 11.7. The van der Waals surface area contributed by atoms with Gasteiger partial charge in [-0.2, -0.15) is 5.10 Å². The lowest BCUT2D eigenvalue weighted by Crippen LogP contribution is -2.31. The molecule has 2 aromatic rings. The van der Waals surface area contributed by atoms with E-state index < -0.39 is 11.9 Å². The third kappa shape index (κ3) is 7.11. The Morgan fingerprint density at radius 3 is 2.37 bits per heavy atom. The van der Waals surface area contributed by atoms with Gasteiger partial charge in [-0.1, -0.05) is 42.5 Å². The molecule has 7 nitrogen and oxygen atoms in total. The highest BCUT2D eigenvalue weighted by molar-refractivity contribution is 5.97. The van der Waals surface area contributed by atoms with Crippen LogP contribution in [0.1, 0.15) is 27.9 Å². The van der Waals surface area contributed by atoms with Crippen molar-refractivity contribution in [2.75, 3.05) is 13.7 Å². The molecule has 140 valence electrons. The van der Waals surface area contributed by atoms with E-state index in [1.165, 1.54) is 13.3 Å². The van der Waals surface area contributed by atoms with Gasteiger partial charge in [-0.3, -0.25) is 9.59 Å². The number of carbonyl (C=O) groups is 3. The summed E-state index contributed by atoms with van der Waals surface area (Å²) in [4.78, 5) is 34.8. The van der Waals surface area contributed by atoms with Gasteiger partial charge in [0, 0.05) is 6.54 Å². The summed E-state index contributed by atoms with van der Waals surface area (Å²) in [5.74, 6) is -1.29. The van der Waals surface area contributed by atoms with Gasteiger partial charge >= 0.3 is 5.97 Å². The number of amides is 2. The number of methoxy groups -OCH3 is 1. The number of carbonyl (C=O) groups excluding carboxylic acids is 3. The van der Waals surface area contributed by atoms with Crippen molar-refractivity contribution in [1.29, 1.82) is 0 Å². The molecule has 7 heteroatoms. The van der Waals surface area contributed by atoms with E-state index in [0.29, 0.717) is 24.1 Å². The minimum Gasteiger partial charge on any atom is -0.465 e. The Morgan fingerprint density at radius 1 is 1.00 bits per heavy atom. The fourth-order valence-corrected chi connectivity index (χ4v) is 2.24. The molecule has 0 spiro atoms. The molecule has 2 N–H and O–H groups in total. The largest absolute Gasteiger partial charge is 0.465 e. The summed E-state index contributed by atoms with van der Waals surface area (Å²) in [6.45, 7) is 0.464. The van der Waals surface area contributed by atoms with Gasteiger partial charge in [0.2, 0.25) is 11.8 Å². The standard InChI is InChI=1S/C20H21N3O4/c1-27-20(26)17-9-7-16(8-10-17)14-22-23-19(25)13-18(24)21-12-11-15-5-3-2-4-6-15/h2-10,14H,11-13H2,1H3,(H,21,24)(H,23,25). The summed E-state index contributed by atoms with van der Waals surface area (Å²) in [6, 6.07) is 16.3. The Hall–Kier alpha value is -3.48. The van der Waals surface area contributed by atoms with Crippen LogP contribution in [-0.2, 0) is 20.7 Å². The monoisotopic (exact) mass is 367 g/mol. The first kappa shape index (κ1) is 19.8. The third-order valence-electron chi connectivity index (χ3n) is 3.63. The summed E-state index contributed by atoms with van der Waals surface area (Å²) < 4.78 is 4.61. The summed E-state index contributed by atoms with van der Waals surface area (Å²) >= 11 is 0. The summed E-state index contributed by atoms with van der Waals surface area (Å²) in [5, 5.41) is 6.49. The zero-order valence-corrected chi connectivity index (χ0v) is 15.0. The fourth-order valence-electron chi connectivity index (χ4n) is 2.24. The zero-order chi connectivity index (χ0) is 19.5. The Labute approximate surface area is 157 Å². The molecule has 0 aromatic heterocycles. The van der Waals surface area contributed by atoms with Gasteiger partial charge in [-0.05, 0) is 29.7 Å². The van der Waals surface area contributed by atoms with Crippen LogP contribution >= 0.6 is 0 Å². The van der Waals surface area contributed by atoms with Crippen LogP contribution in [0.3, 0.4) is 0 Å². The lowest BCUT2D eigenvalue weighted by Gasteiger charge is -2.04. The molecule has 0 fully saturated rings. The minimum atomic E-state index is -0.505. The fraction of sp³-hybridized carbons (Fsp3) is 0.200. The van der Waals surface area contributed by atoms with E-state index in [9.17, 15) is 14.4 Å². The first-order valence-corrected chi connectivity index (χ1v) is 8.39. The highest BCUT2D eigenvalue weighted by Crippen LogP contribution is 2.04. The van der Waals surface area contributed by atoms with Gasteiger partial charge in [0.1, 0.15) is 6.42 Å². The van der Waals surface area contributed by atoms with Gasteiger partial charge in [-0.25, -0.2) is 10.2 Å². The van der Waals surface area contributed by atoms with Crippen LogP contribution < -0.4 is 10.7 Å². The number of hydrogen-bond donors (Lipinski definition) is 2. The Balaban J connectivity index is 1.69. The van der Waals surface area contributed by atoms with Crippen molar-refractivity contribution in [3.8, 4) is 0 Å². The topological polar surface area (TPSA) is 96.9 Å². The van der Waals surface area contributed by atoms with Crippen molar-refractivity contribution in [3.63, 3.8) is 0 Å². The van der Waals surface area contributed by atoms with Gasteiger partial charge in [0.25, 0.3) is 0 Å².